The minimum Gasteiger partial charge on any atom is -0.334 e. The van der Waals surface area contributed by atoms with Gasteiger partial charge in [-0.2, -0.15) is 0 Å². The highest BCUT2D eigenvalue weighted by Crippen LogP contribution is 2.31. The molecule has 0 bridgehead atoms. The minimum absolute atomic E-state index is 0.0126. The average Bonchev–Trinajstić information content (AvgIpc) is 3.24. The van der Waals surface area contributed by atoms with Crippen molar-refractivity contribution >= 4 is 11.6 Å². The Bertz CT molecular complexity index is 1150. The number of fused-ring (bicyclic) bond motifs is 2. The number of hydrogen-bond acceptors (Lipinski definition) is 5. The van der Waals surface area contributed by atoms with E-state index >= 15 is 0 Å². The first-order valence-electron chi connectivity index (χ1n) is 11.2. The fraction of sp³-hybridized carbons (Fsp3) is 0.478. The van der Waals surface area contributed by atoms with Gasteiger partial charge < -0.3 is 4.90 Å². The second kappa shape index (κ2) is 8.26. The molecule has 1 atom stereocenters. The highest BCUT2D eigenvalue weighted by Gasteiger charge is 2.29. The molecule has 2 aliphatic rings. The smallest absolute Gasteiger partial charge is 0.277 e. The van der Waals surface area contributed by atoms with Crippen LogP contribution in [0.25, 0.3) is 5.65 Å². The molecule has 0 radical (unpaired) electrons. The molecule has 1 amide bonds. The zero-order valence-electron chi connectivity index (χ0n) is 17.9. The highest BCUT2D eigenvalue weighted by molar-refractivity contribution is 5.76. The zero-order chi connectivity index (χ0) is 21.4. The summed E-state index contributed by atoms with van der Waals surface area (Å²) >= 11 is 0. The fourth-order valence-corrected chi connectivity index (χ4v) is 4.87. The van der Waals surface area contributed by atoms with Gasteiger partial charge in [-0.1, -0.05) is 13.0 Å². The van der Waals surface area contributed by atoms with Crippen LogP contribution in [0.15, 0.2) is 35.4 Å². The summed E-state index contributed by atoms with van der Waals surface area (Å²) in [5.41, 5.74) is 4.30. The Kier molecular flexibility index (Phi) is 5.31. The highest BCUT2D eigenvalue weighted by atomic mass is 16.2. The van der Waals surface area contributed by atoms with E-state index in [1.807, 2.05) is 30.2 Å². The molecule has 162 valence electrons. The van der Waals surface area contributed by atoms with Crippen molar-refractivity contribution < 1.29 is 4.79 Å². The van der Waals surface area contributed by atoms with Crippen LogP contribution in [-0.2, 0) is 24.3 Å². The van der Waals surface area contributed by atoms with Crippen molar-refractivity contribution in [3.05, 3.63) is 63.5 Å². The van der Waals surface area contributed by atoms with Gasteiger partial charge in [-0.3, -0.25) is 24.6 Å². The van der Waals surface area contributed by atoms with Crippen molar-refractivity contribution in [1.29, 1.82) is 0 Å². The predicted molar refractivity (Wildman–Crippen MR) is 116 cm³/mol. The molecule has 3 aromatic rings. The van der Waals surface area contributed by atoms with Gasteiger partial charge in [0, 0.05) is 57.5 Å². The summed E-state index contributed by atoms with van der Waals surface area (Å²) < 4.78 is 1.56. The Balaban J connectivity index is 1.45. The Hall–Kier alpha value is -3.00. The largest absolute Gasteiger partial charge is 0.334 e. The molecule has 8 heteroatoms. The second-order valence-electron chi connectivity index (χ2n) is 8.52. The molecule has 5 rings (SSSR count). The van der Waals surface area contributed by atoms with E-state index in [0.29, 0.717) is 18.6 Å². The number of nitrogens with one attached hydrogen (secondary N) is 1. The number of carbonyl (C=O) groups excluding carboxylic acids is 1. The lowest BCUT2D eigenvalue weighted by molar-refractivity contribution is -0.134. The lowest BCUT2D eigenvalue weighted by Gasteiger charge is -2.35. The summed E-state index contributed by atoms with van der Waals surface area (Å²) in [6, 6.07) is 5.93. The molecule has 2 aliphatic heterocycles. The number of piperidine rings is 1. The molecule has 31 heavy (non-hydrogen) atoms. The van der Waals surface area contributed by atoms with Crippen LogP contribution in [-0.4, -0.2) is 48.4 Å². The van der Waals surface area contributed by atoms with Crippen LogP contribution < -0.4 is 5.56 Å². The molecule has 8 nitrogen and oxygen atoms in total. The van der Waals surface area contributed by atoms with E-state index in [-0.39, 0.29) is 17.5 Å². The first-order valence-corrected chi connectivity index (χ1v) is 11.2. The van der Waals surface area contributed by atoms with Gasteiger partial charge in [0.25, 0.3) is 5.56 Å². The number of hydrogen-bond donors (Lipinski definition) is 1. The van der Waals surface area contributed by atoms with Crippen molar-refractivity contribution in [3.8, 4) is 0 Å². The molecule has 0 spiro atoms. The van der Waals surface area contributed by atoms with Crippen molar-refractivity contribution in [2.75, 3.05) is 13.1 Å². The number of rotatable bonds is 4. The molecule has 1 N–H and O–H groups in total. The number of H-pyrrole nitrogens is 1. The van der Waals surface area contributed by atoms with E-state index in [4.69, 9.17) is 4.98 Å². The van der Waals surface area contributed by atoms with Crippen molar-refractivity contribution in [3.63, 3.8) is 0 Å². The SMILES string of the molecule is CCC(=O)N1CCCC[C@@H]1c1cc2nc3c(c(=O)n2[nH]1)CN(Cc1cccnc1)CC3. The summed E-state index contributed by atoms with van der Waals surface area (Å²) in [5, 5.41) is 3.28. The van der Waals surface area contributed by atoms with Crippen molar-refractivity contribution in [2.45, 2.75) is 58.2 Å². The number of carbonyl (C=O) groups is 1. The van der Waals surface area contributed by atoms with E-state index < -0.39 is 0 Å². The van der Waals surface area contributed by atoms with E-state index in [0.717, 1.165) is 67.8 Å². The van der Waals surface area contributed by atoms with Crippen LogP contribution >= 0.6 is 0 Å². The second-order valence-corrected chi connectivity index (χ2v) is 8.52. The molecule has 1 fully saturated rings. The van der Waals surface area contributed by atoms with E-state index in [2.05, 4.69) is 21.0 Å². The first-order chi connectivity index (χ1) is 15.1. The minimum atomic E-state index is -0.0358. The average molecular weight is 421 g/mol. The van der Waals surface area contributed by atoms with Gasteiger partial charge in [0.15, 0.2) is 5.65 Å². The number of amides is 1. The topological polar surface area (TPSA) is 86.6 Å². The maximum Gasteiger partial charge on any atom is 0.277 e. The van der Waals surface area contributed by atoms with Crippen LogP contribution in [0.5, 0.6) is 0 Å². The van der Waals surface area contributed by atoms with Crippen LogP contribution in [0, 0.1) is 0 Å². The van der Waals surface area contributed by atoms with Gasteiger partial charge in [-0.05, 0) is 30.9 Å². The Morgan fingerprint density at radius 3 is 3.00 bits per heavy atom. The molecule has 0 saturated carbocycles. The molecular formula is C23H28N6O2. The van der Waals surface area contributed by atoms with Gasteiger partial charge in [0.2, 0.25) is 5.91 Å². The zero-order valence-corrected chi connectivity index (χ0v) is 17.9. The molecular weight excluding hydrogens is 392 g/mol. The standard InChI is InChI=1S/C23H28N6O2/c1-2-22(30)28-10-4-3-7-20(28)19-12-21-25-18-8-11-27(14-16-6-5-9-24-13-16)15-17(18)23(31)29(21)26-19/h5-6,9,12-13,20,26H,2-4,7-8,10-11,14-15H2,1H3/t20-/m1/s1. The van der Waals surface area contributed by atoms with Crippen molar-refractivity contribution in [1.82, 2.24) is 29.4 Å². The summed E-state index contributed by atoms with van der Waals surface area (Å²) in [4.78, 5) is 39.0. The van der Waals surface area contributed by atoms with Crippen LogP contribution in [0.1, 0.15) is 61.2 Å². The van der Waals surface area contributed by atoms with Crippen LogP contribution in [0.4, 0.5) is 0 Å². The van der Waals surface area contributed by atoms with Gasteiger partial charge in [-0.25, -0.2) is 9.50 Å². The first kappa shape index (κ1) is 19.9. The summed E-state index contributed by atoms with van der Waals surface area (Å²) in [6.45, 7) is 4.88. The Morgan fingerprint density at radius 1 is 1.29 bits per heavy atom. The quantitative estimate of drug-likeness (QED) is 0.701. The number of aromatic amines is 1. The molecule has 3 aromatic heterocycles. The number of likely N-dealkylation sites (tertiary alicyclic amines) is 1. The maximum atomic E-state index is 13.3. The van der Waals surface area contributed by atoms with Crippen LogP contribution in [0.3, 0.4) is 0 Å². The fourth-order valence-electron chi connectivity index (χ4n) is 4.87. The third-order valence-electron chi connectivity index (χ3n) is 6.47. The van der Waals surface area contributed by atoms with Crippen LogP contribution in [0.2, 0.25) is 0 Å². The number of pyridine rings is 1. The van der Waals surface area contributed by atoms with Crippen molar-refractivity contribution in [2.24, 2.45) is 0 Å². The summed E-state index contributed by atoms with van der Waals surface area (Å²) in [6.07, 6.45) is 7.91. The molecule has 0 unspecified atom stereocenters. The number of aromatic nitrogens is 4. The Morgan fingerprint density at radius 2 is 2.19 bits per heavy atom. The predicted octanol–water partition coefficient (Wildman–Crippen LogP) is 2.44. The summed E-state index contributed by atoms with van der Waals surface area (Å²) in [5.74, 6) is 0.161. The molecule has 0 aromatic carbocycles. The van der Waals surface area contributed by atoms with Gasteiger partial charge in [-0.15, -0.1) is 0 Å². The normalized spacial score (nSPS) is 19.5. The molecule has 5 heterocycles. The van der Waals surface area contributed by atoms with Gasteiger partial charge in [0.1, 0.15) is 0 Å². The number of nitrogens with zero attached hydrogens (tertiary/aromatic N) is 5. The monoisotopic (exact) mass is 420 g/mol. The van der Waals surface area contributed by atoms with E-state index in [1.54, 1.807) is 10.7 Å². The summed E-state index contributed by atoms with van der Waals surface area (Å²) in [7, 11) is 0. The lowest BCUT2D eigenvalue weighted by Crippen LogP contribution is -2.38. The third-order valence-corrected chi connectivity index (χ3v) is 6.47. The van der Waals surface area contributed by atoms with E-state index in [1.165, 1.54) is 0 Å². The molecule has 0 aliphatic carbocycles. The maximum absolute atomic E-state index is 13.3. The molecule has 1 saturated heterocycles. The Labute approximate surface area is 180 Å². The van der Waals surface area contributed by atoms with Gasteiger partial charge in [0.05, 0.1) is 23.0 Å². The van der Waals surface area contributed by atoms with Gasteiger partial charge >= 0.3 is 0 Å². The van der Waals surface area contributed by atoms with E-state index in [9.17, 15) is 9.59 Å². The lowest BCUT2D eigenvalue weighted by atomic mass is 9.99. The third kappa shape index (κ3) is 3.76.